The SMILES string of the molecule is CC(C)OC(=O)CCC[C@H]1CC[C@@H]2[C@@H](/C=C/C(=O)COc3cc(F)ccc3F)[C@H](OC(=O)c3ccc(-c4ccccc4)cc3)C[C@@H]2OC1. The minimum absolute atomic E-state index is 0.00945. The number of carbonyl (C=O) groups is 3. The molecule has 5 rings (SSSR count). The molecule has 0 unspecified atom stereocenters. The van der Waals surface area contributed by atoms with E-state index in [0.29, 0.717) is 31.4 Å². The lowest BCUT2D eigenvalue weighted by Gasteiger charge is -2.23. The summed E-state index contributed by atoms with van der Waals surface area (Å²) < 4.78 is 50.5. The summed E-state index contributed by atoms with van der Waals surface area (Å²) in [5.74, 6) is -2.93. The van der Waals surface area contributed by atoms with Crippen molar-refractivity contribution in [2.45, 2.75) is 70.7 Å². The van der Waals surface area contributed by atoms with Crippen molar-refractivity contribution in [1.82, 2.24) is 0 Å². The van der Waals surface area contributed by atoms with E-state index < -0.39 is 36.1 Å². The molecular weight excluding hydrogens is 618 g/mol. The number of ketones is 1. The third kappa shape index (κ3) is 9.60. The van der Waals surface area contributed by atoms with Crippen molar-refractivity contribution in [2.75, 3.05) is 13.2 Å². The molecule has 0 aromatic heterocycles. The van der Waals surface area contributed by atoms with Gasteiger partial charge in [-0.2, -0.15) is 0 Å². The zero-order valence-corrected chi connectivity index (χ0v) is 27.3. The Hall–Kier alpha value is -4.37. The van der Waals surface area contributed by atoms with Crippen molar-refractivity contribution < 1.29 is 42.1 Å². The second-order valence-electron chi connectivity index (χ2n) is 12.8. The van der Waals surface area contributed by atoms with Crippen molar-refractivity contribution in [2.24, 2.45) is 17.8 Å². The molecule has 0 bridgehead atoms. The topological polar surface area (TPSA) is 88.1 Å². The van der Waals surface area contributed by atoms with Gasteiger partial charge >= 0.3 is 11.9 Å². The monoisotopic (exact) mass is 660 g/mol. The summed E-state index contributed by atoms with van der Waals surface area (Å²) >= 11 is 0. The van der Waals surface area contributed by atoms with Crippen LogP contribution in [-0.4, -0.2) is 49.2 Å². The standard InChI is InChI=1S/C39H42F2O7/c1-25(2)47-38(43)10-6-7-26-11-18-32-33(19-17-31(42)24-46-37-21-30(40)16-20-34(37)41)36(22-35(32)45-23-26)48-39(44)29-14-12-28(13-15-29)27-8-4-3-5-9-27/h3-5,8-9,12-17,19-21,25-26,32-33,35-36H,6-7,10-11,18,22-24H2,1-2H3/b19-17+/t26-,32+,33+,35-,36+/m0/s1. The molecule has 7 nitrogen and oxygen atoms in total. The average molecular weight is 661 g/mol. The maximum absolute atomic E-state index is 14.0. The Morgan fingerprint density at radius 1 is 0.958 bits per heavy atom. The van der Waals surface area contributed by atoms with E-state index in [-0.39, 0.29) is 41.7 Å². The molecule has 1 aliphatic carbocycles. The van der Waals surface area contributed by atoms with Gasteiger partial charge in [0.25, 0.3) is 0 Å². The van der Waals surface area contributed by atoms with E-state index >= 15 is 0 Å². The van der Waals surface area contributed by atoms with E-state index in [1.165, 1.54) is 6.08 Å². The number of rotatable bonds is 13. The summed E-state index contributed by atoms with van der Waals surface area (Å²) in [5.41, 5.74) is 2.44. The number of hydrogen-bond acceptors (Lipinski definition) is 7. The van der Waals surface area contributed by atoms with Gasteiger partial charge in [0.2, 0.25) is 0 Å². The first-order valence-corrected chi connectivity index (χ1v) is 16.6. The van der Waals surface area contributed by atoms with Crippen LogP contribution in [0.4, 0.5) is 8.78 Å². The molecule has 2 aliphatic rings. The van der Waals surface area contributed by atoms with Crippen LogP contribution in [0.2, 0.25) is 0 Å². The highest BCUT2D eigenvalue weighted by atomic mass is 19.1. The molecule has 1 aliphatic heterocycles. The Morgan fingerprint density at radius 2 is 1.71 bits per heavy atom. The highest BCUT2D eigenvalue weighted by Gasteiger charge is 2.46. The van der Waals surface area contributed by atoms with E-state index in [2.05, 4.69) is 0 Å². The molecule has 0 spiro atoms. The van der Waals surface area contributed by atoms with Gasteiger partial charge in [0.05, 0.1) is 17.8 Å². The van der Waals surface area contributed by atoms with Crippen LogP contribution in [-0.2, 0) is 23.8 Å². The summed E-state index contributed by atoms with van der Waals surface area (Å²) in [7, 11) is 0. The highest BCUT2D eigenvalue weighted by molar-refractivity contribution is 5.91. The summed E-state index contributed by atoms with van der Waals surface area (Å²) in [6.07, 6.45) is 6.28. The Morgan fingerprint density at radius 3 is 2.46 bits per heavy atom. The fourth-order valence-electron chi connectivity index (χ4n) is 6.54. The van der Waals surface area contributed by atoms with Crippen LogP contribution in [0.3, 0.4) is 0 Å². The number of benzene rings is 3. The lowest BCUT2D eigenvalue weighted by molar-refractivity contribution is -0.147. The van der Waals surface area contributed by atoms with E-state index in [4.69, 9.17) is 18.9 Å². The van der Waals surface area contributed by atoms with Gasteiger partial charge in [-0.3, -0.25) is 9.59 Å². The Balaban J connectivity index is 1.25. The number of halogens is 2. The van der Waals surface area contributed by atoms with E-state index in [9.17, 15) is 23.2 Å². The first-order valence-electron chi connectivity index (χ1n) is 16.6. The van der Waals surface area contributed by atoms with Crippen molar-refractivity contribution in [1.29, 1.82) is 0 Å². The van der Waals surface area contributed by atoms with Crippen LogP contribution in [0.1, 0.15) is 62.7 Å². The zero-order chi connectivity index (χ0) is 34.0. The minimum atomic E-state index is -0.766. The number of fused-ring (bicyclic) bond motifs is 1. The molecule has 2 fully saturated rings. The molecule has 5 atom stereocenters. The first-order chi connectivity index (χ1) is 23.2. The van der Waals surface area contributed by atoms with Crippen molar-refractivity contribution >= 4 is 17.7 Å². The summed E-state index contributed by atoms with van der Waals surface area (Å²) in [6, 6.07) is 19.9. The van der Waals surface area contributed by atoms with Gasteiger partial charge in [-0.05, 0) is 92.8 Å². The summed E-state index contributed by atoms with van der Waals surface area (Å²) in [4.78, 5) is 38.1. The zero-order valence-electron chi connectivity index (χ0n) is 27.3. The molecule has 0 N–H and O–H groups in total. The number of esters is 2. The van der Waals surface area contributed by atoms with Gasteiger partial charge in [0.15, 0.2) is 24.0 Å². The lowest BCUT2D eigenvalue weighted by atomic mass is 9.86. The molecule has 1 saturated carbocycles. The fourth-order valence-corrected chi connectivity index (χ4v) is 6.54. The van der Waals surface area contributed by atoms with E-state index in [1.54, 1.807) is 18.2 Å². The predicted molar refractivity (Wildman–Crippen MR) is 176 cm³/mol. The molecule has 48 heavy (non-hydrogen) atoms. The summed E-state index contributed by atoms with van der Waals surface area (Å²) in [6.45, 7) is 3.72. The molecule has 1 saturated heterocycles. The Bertz CT molecular complexity index is 1570. The first kappa shape index (κ1) is 35.0. The molecule has 0 radical (unpaired) electrons. The maximum atomic E-state index is 14.0. The third-order valence-corrected chi connectivity index (χ3v) is 8.93. The molecular formula is C39H42F2O7. The molecule has 3 aromatic carbocycles. The number of hydrogen-bond donors (Lipinski definition) is 0. The molecule has 1 heterocycles. The van der Waals surface area contributed by atoms with Crippen LogP contribution < -0.4 is 4.74 Å². The quantitative estimate of drug-likeness (QED) is 0.136. The fraction of sp³-hybridized carbons (Fsp3) is 0.410. The summed E-state index contributed by atoms with van der Waals surface area (Å²) in [5, 5.41) is 0. The largest absolute Gasteiger partial charge is 0.482 e. The van der Waals surface area contributed by atoms with Crippen LogP contribution in [0.5, 0.6) is 5.75 Å². The van der Waals surface area contributed by atoms with Gasteiger partial charge < -0.3 is 18.9 Å². The van der Waals surface area contributed by atoms with Gasteiger partial charge in [0.1, 0.15) is 11.9 Å². The predicted octanol–water partition coefficient (Wildman–Crippen LogP) is 7.91. The Labute approximate surface area is 280 Å². The molecule has 3 aromatic rings. The van der Waals surface area contributed by atoms with Gasteiger partial charge in [-0.15, -0.1) is 0 Å². The van der Waals surface area contributed by atoms with Crippen LogP contribution in [0.25, 0.3) is 11.1 Å². The third-order valence-electron chi connectivity index (χ3n) is 8.93. The minimum Gasteiger partial charge on any atom is -0.482 e. The molecule has 254 valence electrons. The van der Waals surface area contributed by atoms with Crippen molar-refractivity contribution in [3.05, 3.63) is 102 Å². The normalized spacial score (nSPS) is 22.2. The Kier molecular flexibility index (Phi) is 12.1. The van der Waals surface area contributed by atoms with Crippen molar-refractivity contribution in [3.8, 4) is 16.9 Å². The van der Waals surface area contributed by atoms with Crippen LogP contribution in [0.15, 0.2) is 84.9 Å². The number of carbonyl (C=O) groups excluding carboxylic acids is 3. The van der Waals surface area contributed by atoms with Crippen LogP contribution >= 0.6 is 0 Å². The van der Waals surface area contributed by atoms with Gasteiger partial charge in [0, 0.05) is 31.4 Å². The van der Waals surface area contributed by atoms with E-state index in [0.717, 1.165) is 48.6 Å². The maximum Gasteiger partial charge on any atom is 0.338 e. The average Bonchev–Trinajstić information content (AvgIpc) is 3.27. The van der Waals surface area contributed by atoms with Gasteiger partial charge in [-0.1, -0.05) is 48.5 Å². The molecule has 9 heteroatoms. The second kappa shape index (κ2) is 16.6. The number of ether oxygens (including phenoxy) is 4. The van der Waals surface area contributed by atoms with Gasteiger partial charge in [-0.25, -0.2) is 13.6 Å². The highest BCUT2D eigenvalue weighted by Crippen LogP contribution is 2.43. The second-order valence-corrected chi connectivity index (χ2v) is 12.8. The van der Waals surface area contributed by atoms with Crippen molar-refractivity contribution in [3.63, 3.8) is 0 Å². The van der Waals surface area contributed by atoms with E-state index in [1.807, 2.05) is 56.3 Å². The molecule has 0 amide bonds. The lowest BCUT2D eigenvalue weighted by Crippen LogP contribution is -2.25. The van der Waals surface area contributed by atoms with Crippen LogP contribution in [0, 0.1) is 29.4 Å². The smallest absolute Gasteiger partial charge is 0.338 e.